The number of benzene rings is 2. The van der Waals surface area contributed by atoms with Gasteiger partial charge in [0.1, 0.15) is 0 Å². The highest BCUT2D eigenvalue weighted by atomic mass is 16.7. The van der Waals surface area contributed by atoms with Crippen molar-refractivity contribution in [1.29, 1.82) is 0 Å². The van der Waals surface area contributed by atoms with Gasteiger partial charge in [-0.3, -0.25) is 14.9 Å². The monoisotopic (exact) mass is 466 g/mol. The zero-order valence-corrected chi connectivity index (χ0v) is 20.1. The highest BCUT2D eigenvalue weighted by Crippen LogP contribution is 2.49. The zero-order valence-electron chi connectivity index (χ0n) is 20.1. The molecule has 2 aromatic carbocycles. The van der Waals surface area contributed by atoms with Crippen LogP contribution in [0.3, 0.4) is 0 Å². The van der Waals surface area contributed by atoms with Crippen LogP contribution in [0.4, 0.5) is 5.69 Å². The standard InChI is InChI=1S/C26H30N2O6/c1-5-14-33-25(30)9-7-8-23(27-34-24(29)6-2)17-10-12-19-20-13-11-18(28(31)32)16-22(20)26(3,4)21(19)15-17/h10-13,15-16H,5-9,14H2,1-4H3/b27-23-. The van der Waals surface area contributed by atoms with Crippen molar-refractivity contribution in [3.8, 4) is 11.1 Å². The van der Waals surface area contributed by atoms with Gasteiger partial charge >= 0.3 is 11.9 Å². The Hall–Kier alpha value is -3.55. The van der Waals surface area contributed by atoms with Gasteiger partial charge in [-0.25, -0.2) is 4.79 Å². The number of esters is 1. The third-order valence-corrected chi connectivity index (χ3v) is 6.01. The summed E-state index contributed by atoms with van der Waals surface area (Å²) in [5, 5.41) is 15.4. The van der Waals surface area contributed by atoms with Crippen LogP contribution in [0.5, 0.6) is 0 Å². The van der Waals surface area contributed by atoms with Gasteiger partial charge in [0.15, 0.2) is 0 Å². The number of fused-ring (bicyclic) bond motifs is 3. The largest absolute Gasteiger partial charge is 0.466 e. The maximum Gasteiger partial charge on any atom is 0.334 e. The first-order chi connectivity index (χ1) is 16.2. The molecule has 1 aliphatic rings. The van der Waals surface area contributed by atoms with E-state index in [2.05, 4.69) is 5.16 Å². The van der Waals surface area contributed by atoms with Crippen molar-refractivity contribution in [1.82, 2.24) is 0 Å². The molecule has 0 amide bonds. The van der Waals surface area contributed by atoms with Crippen LogP contribution in [0.25, 0.3) is 11.1 Å². The number of nitro benzene ring substituents is 1. The van der Waals surface area contributed by atoms with Gasteiger partial charge in [0.05, 0.1) is 17.2 Å². The minimum Gasteiger partial charge on any atom is -0.466 e. The van der Waals surface area contributed by atoms with Gasteiger partial charge in [-0.2, -0.15) is 0 Å². The van der Waals surface area contributed by atoms with Crippen LogP contribution in [0, 0.1) is 10.1 Å². The van der Waals surface area contributed by atoms with Gasteiger partial charge < -0.3 is 9.57 Å². The molecule has 8 nitrogen and oxygen atoms in total. The summed E-state index contributed by atoms with van der Waals surface area (Å²) in [7, 11) is 0. The number of carbonyl (C=O) groups is 2. The Morgan fingerprint density at radius 2 is 1.68 bits per heavy atom. The number of carbonyl (C=O) groups excluding carboxylic acids is 2. The Labute approximate surface area is 199 Å². The van der Waals surface area contributed by atoms with Crippen LogP contribution in [-0.2, 0) is 24.6 Å². The highest BCUT2D eigenvalue weighted by Gasteiger charge is 2.37. The van der Waals surface area contributed by atoms with Gasteiger partial charge in [-0.15, -0.1) is 0 Å². The minimum absolute atomic E-state index is 0.0588. The van der Waals surface area contributed by atoms with Crippen LogP contribution in [0.1, 0.15) is 76.5 Å². The molecular weight excluding hydrogens is 436 g/mol. The molecule has 180 valence electrons. The Morgan fingerprint density at radius 1 is 1.00 bits per heavy atom. The number of hydrogen-bond acceptors (Lipinski definition) is 7. The minimum atomic E-state index is -0.456. The first kappa shape index (κ1) is 25.1. The smallest absolute Gasteiger partial charge is 0.334 e. The number of rotatable bonds is 10. The maximum absolute atomic E-state index is 11.9. The van der Waals surface area contributed by atoms with Gasteiger partial charge in [0, 0.05) is 30.4 Å². The second kappa shape index (κ2) is 10.6. The average Bonchev–Trinajstić information content (AvgIpc) is 3.05. The predicted molar refractivity (Wildman–Crippen MR) is 129 cm³/mol. The van der Waals surface area contributed by atoms with E-state index in [4.69, 9.17) is 9.57 Å². The van der Waals surface area contributed by atoms with E-state index >= 15 is 0 Å². The van der Waals surface area contributed by atoms with Gasteiger partial charge in [0.2, 0.25) is 0 Å². The van der Waals surface area contributed by atoms with Gasteiger partial charge in [-0.05, 0) is 59.2 Å². The average molecular weight is 467 g/mol. The maximum atomic E-state index is 11.9. The third-order valence-electron chi connectivity index (χ3n) is 6.01. The zero-order chi connectivity index (χ0) is 24.9. The van der Waals surface area contributed by atoms with E-state index in [1.807, 2.05) is 39.0 Å². The van der Waals surface area contributed by atoms with Crippen molar-refractivity contribution in [3.63, 3.8) is 0 Å². The molecule has 0 N–H and O–H groups in total. The summed E-state index contributed by atoms with van der Waals surface area (Å²) in [6, 6.07) is 10.8. The molecule has 0 aromatic heterocycles. The normalized spacial score (nSPS) is 13.7. The number of non-ortho nitro benzene ring substituents is 1. The van der Waals surface area contributed by atoms with E-state index in [1.54, 1.807) is 19.1 Å². The molecule has 0 aliphatic heterocycles. The van der Waals surface area contributed by atoms with Crippen LogP contribution in [-0.4, -0.2) is 29.2 Å². The molecule has 0 fully saturated rings. The fourth-order valence-corrected chi connectivity index (χ4v) is 4.12. The first-order valence-corrected chi connectivity index (χ1v) is 11.6. The molecule has 8 heteroatoms. The number of nitro groups is 1. The van der Waals surface area contributed by atoms with Crippen molar-refractivity contribution < 1.29 is 24.1 Å². The first-order valence-electron chi connectivity index (χ1n) is 11.6. The number of nitrogens with zero attached hydrogens (tertiary/aromatic N) is 2. The molecule has 0 saturated carbocycles. The summed E-state index contributed by atoms with van der Waals surface area (Å²) in [5.74, 6) is -0.708. The Bertz CT molecular complexity index is 1140. The lowest BCUT2D eigenvalue weighted by Gasteiger charge is -2.22. The highest BCUT2D eigenvalue weighted by molar-refractivity contribution is 6.02. The van der Waals surface area contributed by atoms with Crippen molar-refractivity contribution in [2.75, 3.05) is 6.61 Å². The fourth-order valence-electron chi connectivity index (χ4n) is 4.12. The summed E-state index contributed by atoms with van der Waals surface area (Å²) < 4.78 is 5.13. The molecule has 0 atom stereocenters. The van der Waals surface area contributed by atoms with E-state index in [-0.39, 0.29) is 29.4 Å². The van der Waals surface area contributed by atoms with Crippen LogP contribution < -0.4 is 0 Å². The lowest BCUT2D eigenvalue weighted by molar-refractivity contribution is -0.384. The summed E-state index contributed by atoms with van der Waals surface area (Å²) in [4.78, 5) is 39.6. The van der Waals surface area contributed by atoms with Crippen LogP contribution in [0.2, 0.25) is 0 Å². The summed E-state index contributed by atoms with van der Waals surface area (Å²) in [6.45, 7) is 8.08. The van der Waals surface area contributed by atoms with Crippen molar-refractivity contribution in [2.24, 2.45) is 5.16 Å². The van der Waals surface area contributed by atoms with E-state index < -0.39 is 11.4 Å². The lowest BCUT2D eigenvalue weighted by atomic mass is 9.81. The third kappa shape index (κ3) is 5.32. The van der Waals surface area contributed by atoms with E-state index in [9.17, 15) is 19.7 Å². The lowest BCUT2D eigenvalue weighted by Crippen LogP contribution is -2.16. The topological polar surface area (TPSA) is 108 Å². The molecule has 0 saturated heterocycles. The van der Waals surface area contributed by atoms with Crippen LogP contribution >= 0.6 is 0 Å². The summed E-state index contributed by atoms with van der Waals surface area (Å²) in [6.07, 6.45) is 2.13. The van der Waals surface area contributed by atoms with Crippen molar-refractivity contribution >= 4 is 23.3 Å². The number of ether oxygens (including phenoxy) is 1. The molecule has 0 radical (unpaired) electrons. The summed E-state index contributed by atoms with van der Waals surface area (Å²) in [5.41, 5.74) is 4.82. The molecule has 2 aromatic rings. The molecule has 0 bridgehead atoms. The van der Waals surface area contributed by atoms with Crippen molar-refractivity contribution in [3.05, 3.63) is 63.2 Å². The summed E-state index contributed by atoms with van der Waals surface area (Å²) >= 11 is 0. The molecular formula is C26H30N2O6. The van der Waals surface area contributed by atoms with Gasteiger partial charge in [0.25, 0.3) is 5.69 Å². The molecule has 0 unspecified atom stereocenters. The number of hydrogen-bond donors (Lipinski definition) is 0. The molecule has 3 rings (SSSR count). The molecule has 1 aliphatic carbocycles. The second-order valence-electron chi connectivity index (χ2n) is 8.80. The van der Waals surface area contributed by atoms with Crippen molar-refractivity contribution in [2.45, 2.75) is 65.2 Å². The van der Waals surface area contributed by atoms with Gasteiger partial charge in [-0.1, -0.05) is 45.0 Å². The quantitative estimate of drug-likeness (QED) is 0.146. The molecule has 34 heavy (non-hydrogen) atoms. The Morgan fingerprint density at radius 3 is 2.32 bits per heavy atom. The van der Waals surface area contributed by atoms with Crippen LogP contribution in [0.15, 0.2) is 41.6 Å². The number of oxime groups is 1. The Kier molecular flexibility index (Phi) is 7.81. The fraction of sp³-hybridized carbons (Fsp3) is 0.423. The molecule has 0 spiro atoms. The second-order valence-corrected chi connectivity index (χ2v) is 8.80. The SMILES string of the molecule is CCCOC(=O)CCC/C(=N/OC(=O)CC)c1ccc2c(c1)C(C)(C)c1cc([N+](=O)[O-])ccc1-2. The Balaban J connectivity index is 1.91. The van der Waals surface area contributed by atoms with E-state index in [1.165, 1.54) is 6.07 Å². The molecule has 0 heterocycles. The van der Waals surface area contributed by atoms with E-state index in [0.717, 1.165) is 34.2 Å². The van der Waals surface area contributed by atoms with E-state index in [0.29, 0.717) is 25.2 Å². The predicted octanol–water partition coefficient (Wildman–Crippen LogP) is 5.68.